The molecule has 0 unspecified atom stereocenters. The molecule has 130 valence electrons. The predicted molar refractivity (Wildman–Crippen MR) is 93.6 cm³/mol. The fraction of sp³-hybridized carbons (Fsp3) is 0.650. The Morgan fingerprint density at radius 1 is 1.00 bits per heavy atom. The maximum atomic E-state index is 13.1. The van der Waals surface area contributed by atoms with Gasteiger partial charge in [0.1, 0.15) is 5.75 Å². The van der Waals surface area contributed by atoms with E-state index in [4.69, 9.17) is 0 Å². The van der Waals surface area contributed by atoms with Gasteiger partial charge in [-0.15, -0.1) is 0 Å². The predicted octanol–water partition coefficient (Wildman–Crippen LogP) is 3.86. The van der Waals surface area contributed by atoms with E-state index < -0.39 is 9.84 Å². The third-order valence-electron chi connectivity index (χ3n) is 6.79. The lowest BCUT2D eigenvalue weighted by Crippen LogP contribution is -2.51. The molecule has 0 aliphatic heterocycles. The number of carbonyl (C=O) groups excluding carboxylic acids is 1. The van der Waals surface area contributed by atoms with Gasteiger partial charge in [-0.1, -0.05) is 6.07 Å². The van der Waals surface area contributed by atoms with Crippen molar-refractivity contribution in [1.82, 2.24) is 0 Å². The number of carbonyl (C=O) groups is 1. The maximum Gasteiger partial charge on any atom is 0.185 e. The number of hydrogen-bond acceptors (Lipinski definition) is 3. The second kappa shape index (κ2) is 5.42. The Kier molecular flexibility index (Phi) is 3.68. The zero-order chi connectivity index (χ0) is 17.1. The van der Waals surface area contributed by atoms with E-state index in [2.05, 4.69) is 0 Å². The number of benzene rings is 1. The van der Waals surface area contributed by atoms with Crippen LogP contribution in [0.4, 0.5) is 0 Å². The smallest absolute Gasteiger partial charge is 0.185 e. The molecule has 4 aliphatic rings. The molecule has 0 N–H and O–H groups in total. The number of hydrogen-bond donors (Lipinski definition) is 0. The van der Waals surface area contributed by atoms with E-state index in [1.165, 1.54) is 19.3 Å². The van der Waals surface area contributed by atoms with Crippen molar-refractivity contribution < 1.29 is 13.2 Å². The first-order chi connectivity index (χ1) is 11.3. The van der Waals surface area contributed by atoms with E-state index in [1.54, 1.807) is 12.1 Å². The number of ketones is 1. The molecule has 0 heterocycles. The summed E-state index contributed by atoms with van der Waals surface area (Å²) < 4.78 is 25.6. The quantitative estimate of drug-likeness (QED) is 0.832. The standard InChI is InChI=1S/C20H26O3S/c1-13-3-4-18(5-14(13)2)24(22,23)12-19(21)20-9-15-6-16(10-20)8-17(7-15)11-20/h3-5,15-17H,6-12H2,1-2H3. The topological polar surface area (TPSA) is 51.2 Å². The number of aryl methyl sites for hydroxylation is 2. The molecule has 24 heavy (non-hydrogen) atoms. The van der Waals surface area contributed by atoms with Gasteiger partial charge in [0.05, 0.1) is 4.90 Å². The summed E-state index contributed by atoms with van der Waals surface area (Å²) >= 11 is 0. The second-order valence-corrected chi connectivity index (χ2v) is 10.6. The fourth-order valence-corrected chi connectivity index (χ4v) is 7.22. The first-order valence-corrected chi connectivity index (χ1v) is 10.8. The van der Waals surface area contributed by atoms with Gasteiger partial charge in [0.15, 0.2) is 15.6 Å². The van der Waals surface area contributed by atoms with Gasteiger partial charge in [0.2, 0.25) is 0 Å². The fourth-order valence-electron chi connectivity index (χ4n) is 5.77. The van der Waals surface area contributed by atoms with Gasteiger partial charge in [0.25, 0.3) is 0 Å². The van der Waals surface area contributed by atoms with Crippen LogP contribution in [0.15, 0.2) is 23.1 Å². The normalized spacial score (nSPS) is 34.5. The Hall–Kier alpha value is -1.16. The molecule has 0 atom stereocenters. The molecule has 1 aromatic rings. The number of Topliss-reactive ketones (excluding diaryl/α,β-unsaturated/α-hetero) is 1. The molecular formula is C20H26O3S. The van der Waals surface area contributed by atoms with Crippen LogP contribution in [-0.2, 0) is 14.6 Å². The average Bonchev–Trinajstić information content (AvgIpc) is 2.48. The van der Waals surface area contributed by atoms with Gasteiger partial charge in [-0.3, -0.25) is 4.79 Å². The summed E-state index contributed by atoms with van der Waals surface area (Å²) in [7, 11) is -3.54. The molecule has 4 bridgehead atoms. The van der Waals surface area contributed by atoms with Crippen molar-refractivity contribution in [2.45, 2.75) is 57.3 Å². The summed E-state index contributed by atoms with van der Waals surface area (Å²) in [6, 6.07) is 5.18. The Balaban J connectivity index is 1.58. The lowest BCUT2D eigenvalue weighted by molar-refractivity contribution is -0.141. The van der Waals surface area contributed by atoms with Crippen molar-refractivity contribution in [3.05, 3.63) is 29.3 Å². The highest BCUT2D eigenvalue weighted by atomic mass is 32.2. The van der Waals surface area contributed by atoms with Crippen LogP contribution in [0.1, 0.15) is 49.7 Å². The van der Waals surface area contributed by atoms with E-state index >= 15 is 0 Å². The first-order valence-electron chi connectivity index (χ1n) is 9.11. The molecule has 0 aromatic heterocycles. The minimum absolute atomic E-state index is 0.0140. The van der Waals surface area contributed by atoms with Crippen molar-refractivity contribution in [2.75, 3.05) is 5.75 Å². The highest BCUT2D eigenvalue weighted by Gasteiger charge is 2.54. The van der Waals surface area contributed by atoms with Gasteiger partial charge in [-0.05, 0) is 93.4 Å². The van der Waals surface area contributed by atoms with E-state index in [0.717, 1.165) is 30.4 Å². The molecule has 5 rings (SSSR count). The van der Waals surface area contributed by atoms with Crippen LogP contribution < -0.4 is 0 Å². The van der Waals surface area contributed by atoms with Crippen molar-refractivity contribution in [3.8, 4) is 0 Å². The van der Waals surface area contributed by atoms with Crippen LogP contribution in [0.2, 0.25) is 0 Å². The van der Waals surface area contributed by atoms with E-state index in [1.807, 2.05) is 19.9 Å². The Morgan fingerprint density at radius 3 is 2.04 bits per heavy atom. The first kappa shape index (κ1) is 16.3. The average molecular weight is 346 g/mol. The highest BCUT2D eigenvalue weighted by molar-refractivity contribution is 7.92. The van der Waals surface area contributed by atoms with Gasteiger partial charge in [-0.25, -0.2) is 8.42 Å². The van der Waals surface area contributed by atoms with Crippen molar-refractivity contribution in [3.63, 3.8) is 0 Å². The molecule has 1 aromatic carbocycles. The van der Waals surface area contributed by atoms with Crippen LogP contribution in [0.25, 0.3) is 0 Å². The molecular weight excluding hydrogens is 320 g/mol. The van der Waals surface area contributed by atoms with Crippen LogP contribution >= 0.6 is 0 Å². The zero-order valence-electron chi connectivity index (χ0n) is 14.5. The molecule has 4 aliphatic carbocycles. The van der Waals surface area contributed by atoms with Crippen LogP contribution in [-0.4, -0.2) is 20.0 Å². The van der Waals surface area contributed by atoms with Crippen molar-refractivity contribution in [1.29, 1.82) is 0 Å². The van der Waals surface area contributed by atoms with E-state index in [9.17, 15) is 13.2 Å². The van der Waals surface area contributed by atoms with Gasteiger partial charge < -0.3 is 0 Å². The third kappa shape index (κ3) is 2.63. The van der Waals surface area contributed by atoms with Crippen LogP contribution in [0.3, 0.4) is 0 Å². The van der Waals surface area contributed by atoms with Gasteiger partial charge in [0, 0.05) is 5.41 Å². The zero-order valence-corrected chi connectivity index (χ0v) is 15.4. The largest absolute Gasteiger partial charge is 0.298 e. The number of rotatable bonds is 4. The minimum atomic E-state index is -3.54. The summed E-state index contributed by atoms with van der Waals surface area (Å²) in [6.07, 6.45) is 6.57. The summed E-state index contributed by atoms with van der Waals surface area (Å²) in [5.41, 5.74) is 1.70. The van der Waals surface area contributed by atoms with Crippen LogP contribution in [0, 0.1) is 37.0 Å². The summed E-state index contributed by atoms with van der Waals surface area (Å²) in [4.78, 5) is 13.4. The Labute approximate surface area is 144 Å². The molecule has 0 amide bonds. The summed E-state index contributed by atoms with van der Waals surface area (Å²) in [5.74, 6) is 1.64. The lowest BCUT2D eigenvalue weighted by Gasteiger charge is -2.55. The second-order valence-electron chi connectivity index (χ2n) is 8.63. The van der Waals surface area contributed by atoms with Gasteiger partial charge >= 0.3 is 0 Å². The summed E-state index contributed by atoms with van der Waals surface area (Å²) in [6.45, 7) is 3.88. The third-order valence-corrected chi connectivity index (χ3v) is 8.40. The molecule has 3 nitrogen and oxygen atoms in total. The molecule has 0 radical (unpaired) electrons. The summed E-state index contributed by atoms with van der Waals surface area (Å²) in [5, 5.41) is 0. The van der Waals surface area contributed by atoms with Crippen molar-refractivity contribution in [2.24, 2.45) is 23.2 Å². The van der Waals surface area contributed by atoms with E-state index in [0.29, 0.717) is 22.6 Å². The molecule has 4 heteroatoms. The molecule has 4 saturated carbocycles. The molecule has 0 saturated heterocycles. The minimum Gasteiger partial charge on any atom is -0.298 e. The van der Waals surface area contributed by atoms with Crippen molar-refractivity contribution >= 4 is 15.6 Å². The monoisotopic (exact) mass is 346 g/mol. The number of sulfone groups is 1. The molecule has 4 fully saturated rings. The van der Waals surface area contributed by atoms with E-state index in [-0.39, 0.29) is 17.0 Å². The lowest BCUT2D eigenvalue weighted by atomic mass is 9.48. The SMILES string of the molecule is Cc1ccc(S(=O)(=O)CC(=O)C23CC4CC(CC(C4)C2)C3)cc1C. The Bertz CT molecular complexity index is 756. The van der Waals surface area contributed by atoms with Crippen LogP contribution in [0.5, 0.6) is 0 Å². The molecule has 0 spiro atoms. The highest BCUT2D eigenvalue weighted by Crippen LogP contribution is 2.60. The van der Waals surface area contributed by atoms with Gasteiger partial charge in [-0.2, -0.15) is 0 Å². The maximum absolute atomic E-state index is 13.1. The Morgan fingerprint density at radius 2 is 1.54 bits per heavy atom.